The van der Waals surface area contributed by atoms with Crippen LogP contribution in [0.1, 0.15) is 11.0 Å². The van der Waals surface area contributed by atoms with E-state index in [2.05, 4.69) is 20.6 Å². The molecule has 0 aliphatic carbocycles. The Balaban J connectivity index is 0.00000300. The van der Waals surface area contributed by atoms with Crippen LogP contribution >= 0.6 is 25.1 Å². The van der Waals surface area contributed by atoms with Crippen LogP contribution < -0.4 is 16.2 Å². The third kappa shape index (κ3) is 4.27. The Morgan fingerprint density at radius 3 is 2.88 bits per heavy atom. The first-order valence-electron chi connectivity index (χ1n) is 9.02. The molecule has 3 aromatic heterocycles. The van der Waals surface area contributed by atoms with Crippen LogP contribution in [-0.4, -0.2) is 32.3 Å². The number of nitrogens with zero attached hydrogens (tertiary/aromatic N) is 3. The number of hydrogen-bond acceptors (Lipinski definition) is 6. The zero-order valence-electron chi connectivity index (χ0n) is 16.8. The highest BCUT2D eigenvalue weighted by Gasteiger charge is 2.13. The van der Waals surface area contributed by atoms with E-state index in [0.717, 1.165) is 0 Å². The molecular weight excluding hydrogens is 374 g/mol. The number of aliphatic hydroxyl groups excluding tert-OH is 1. The maximum Gasteiger partial charge on any atom is 0.261 e. The highest BCUT2D eigenvalue weighted by atomic mass is 35.5. The molecule has 0 spiro atoms. The molecule has 3 heterocycles. The molecule has 0 unspecified atom stereocenters. The van der Waals surface area contributed by atoms with E-state index in [1.54, 1.807) is 25.1 Å². The first-order valence-corrected chi connectivity index (χ1v) is 7.89. The highest BCUT2D eigenvalue weighted by molar-refractivity contribution is 7.59. The van der Waals surface area contributed by atoms with Gasteiger partial charge >= 0.3 is 0 Å². The summed E-state index contributed by atoms with van der Waals surface area (Å²) in [6, 6.07) is 5.97. The van der Waals surface area contributed by atoms with Gasteiger partial charge in [-0.1, -0.05) is 11.6 Å². The average molecular weight is 397 g/mol. The summed E-state index contributed by atoms with van der Waals surface area (Å²) in [6.45, 7) is -1.11. The number of anilines is 3. The van der Waals surface area contributed by atoms with Crippen LogP contribution in [0.3, 0.4) is 0 Å². The van der Waals surface area contributed by atoms with Gasteiger partial charge in [0.25, 0.3) is 5.56 Å². The van der Waals surface area contributed by atoms with Crippen LogP contribution in [-0.2, 0) is 6.98 Å². The van der Waals surface area contributed by atoms with Crippen LogP contribution in [0.5, 0.6) is 0 Å². The van der Waals surface area contributed by atoms with Crippen molar-refractivity contribution in [3.05, 3.63) is 52.0 Å². The lowest BCUT2D eigenvalue weighted by Gasteiger charge is -2.16. The molecule has 0 saturated heterocycles. The molecule has 3 rings (SSSR count). The van der Waals surface area contributed by atoms with Gasteiger partial charge in [-0.2, -0.15) is 13.5 Å². The van der Waals surface area contributed by atoms with Gasteiger partial charge in [-0.3, -0.25) is 4.79 Å². The second-order valence-electron chi connectivity index (χ2n) is 5.52. The molecule has 7 nitrogen and oxygen atoms in total. The van der Waals surface area contributed by atoms with Crippen LogP contribution in [0.15, 0.2) is 41.5 Å². The van der Waals surface area contributed by atoms with E-state index in [1.165, 1.54) is 18.5 Å². The molecule has 0 aliphatic rings. The fourth-order valence-electron chi connectivity index (χ4n) is 2.32. The van der Waals surface area contributed by atoms with Crippen molar-refractivity contribution < 1.29 is 9.22 Å². The van der Waals surface area contributed by atoms with Crippen molar-refractivity contribution in [2.75, 3.05) is 17.2 Å². The molecule has 26 heavy (non-hydrogen) atoms. The lowest BCUT2D eigenvalue weighted by molar-refractivity contribution is 0.281. The van der Waals surface area contributed by atoms with Gasteiger partial charge in [0.05, 0.1) is 12.0 Å². The number of halogens is 1. The molecule has 138 valence electrons. The van der Waals surface area contributed by atoms with E-state index in [-0.39, 0.29) is 31.3 Å². The normalized spacial score (nSPS) is 13.9. The fraction of sp³-hybridized carbons (Fsp3) is 0.235. The third-order valence-corrected chi connectivity index (χ3v) is 3.76. The predicted molar refractivity (Wildman–Crippen MR) is 110 cm³/mol. The quantitative estimate of drug-likeness (QED) is 0.614. The number of nitrogens with one attached hydrogen (secondary N) is 2. The first-order chi connectivity index (χ1) is 13.2. The van der Waals surface area contributed by atoms with E-state index in [4.69, 9.17) is 15.7 Å². The second kappa shape index (κ2) is 8.39. The standard InChI is InChI=1S/C17H18ClN5O2.H2S/c1-10(9-24)20-16-15-11(4-6-23(2)17(15)25)7-14(22-16)21-13-8-12(18)3-5-19-13;/h3-8,10,24H,9H2,1-2H3,(H2,19,20,21,22);1H2/t10-;/m0./s1/i2D3;. The minimum Gasteiger partial charge on any atom is -0.394 e. The van der Waals surface area contributed by atoms with Gasteiger partial charge in [0.1, 0.15) is 17.5 Å². The van der Waals surface area contributed by atoms with Crippen molar-refractivity contribution in [2.24, 2.45) is 6.98 Å². The molecule has 0 amide bonds. The van der Waals surface area contributed by atoms with Gasteiger partial charge in [0, 0.05) is 34.5 Å². The average Bonchev–Trinajstić information content (AvgIpc) is 2.60. The second-order valence-corrected chi connectivity index (χ2v) is 5.96. The number of aryl methyl sites for hydroxylation is 1. The summed E-state index contributed by atoms with van der Waals surface area (Å²) >= 11 is 5.97. The highest BCUT2D eigenvalue weighted by Crippen LogP contribution is 2.25. The maximum absolute atomic E-state index is 12.8. The summed E-state index contributed by atoms with van der Waals surface area (Å²) in [6.07, 6.45) is 2.76. The van der Waals surface area contributed by atoms with E-state index < -0.39 is 18.6 Å². The van der Waals surface area contributed by atoms with E-state index in [0.29, 0.717) is 26.6 Å². The Hall–Kier alpha value is -2.29. The van der Waals surface area contributed by atoms with Crippen LogP contribution in [0.2, 0.25) is 5.02 Å². The number of fused-ring (bicyclic) bond motifs is 1. The molecule has 0 bridgehead atoms. The molecule has 0 fully saturated rings. The van der Waals surface area contributed by atoms with Crippen LogP contribution in [0.25, 0.3) is 10.8 Å². The number of aromatic nitrogens is 3. The number of pyridine rings is 3. The lowest BCUT2D eigenvalue weighted by Crippen LogP contribution is -2.23. The Bertz CT molecular complexity index is 1080. The summed E-state index contributed by atoms with van der Waals surface area (Å²) in [5.74, 6) is 0.990. The topological polar surface area (TPSA) is 92.1 Å². The molecule has 3 N–H and O–H groups in total. The molecular formula is C17H20ClN5O2S. The molecule has 3 aromatic rings. The van der Waals surface area contributed by atoms with Gasteiger partial charge < -0.3 is 20.3 Å². The SMILES string of the molecule is S.[2H]C([2H])([2H])n1ccc2cc(Nc3cc(Cl)ccn3)nc(N[C@@H](C)CO)c2c1=O. The molecule has 0 saturated carbocycles. The Labute approximate surface area is 166 Å². The van der Waals surface area contributed by atoms with Crippen molar-refractivity contribution >= 4 is 53.3 Å². The predicted octanol–water partition coefficient (Wildman–Crippen LogP) is 2.63. The molecule has 0 radical (unpaired) electrons. The largest absolute Gasteiger partial charge is 0.394 e. The van der Waals surface area contributed by atoms with Crippen LogP contribution in [0.4, 0.5) is 17.5 Å². The van der Waals surface area contributed by atoms with E-state index >= 15 is 0 Å². The first kappa shape index (κ1) is 15.9. The number of hydrogen-bond donors (Lipinski definition) is 3. The monoisotopic (exact) mass is 396 g/mol. The van der Waals surface area contributed by atoms with Gasteiger partial charge in [-0.25, -0.2) is 9.97 Å². The zero-order valence-corrected chi connectivity index (χ0v) is 15.6. The third-order valence-electron chi connectivity index (χ3n) is 3.52. The summed E-state index contributed by atoms with van der Waals surface area (Å²) < 4.78 is 23.3. The smallest absolute Gasteiger partial charge is 0.261 e. The molecule has 1 atom stereocenters. The Morgan fingerprint density at radius 1 is 1.38 bits per heavy atom. The summed E-state index contributed by atoms with van der Waals surface area (Å²) in [5.41, 5.74) is -0.704. The van der Waals surface area contributed by atoms with Gasteiger partial charge in [-0.15, -0.1) is 0 Å². The molecule has 0 aliphatic heterocycles. The van der Waals surface area contributed by atoms with Crippen molar-refractivity contribution in [3.63, 3.8) is 0 Å². The van der Waals surface area contributed by atoms with Crippen molar-refractivity contribution in [1.29, 1.82) is 0 Å². The van der Waals surface area contributed by atoms with E-state index in [9.17, 15) is 9.90 Å². The maximum atomic E-state index is 12.8. The van der Waals surface area contributed by atoms with Crippen LogP contribution in [0, 0.1) is 0 Å². The number of rotatable bonds is 5. The number of aliphatic hydroxyl groups is 1. The van der Waals surface area contributed by atoms with Crippen molar-refractivity contribution in [2.45, 2.75) is 13.0 Å². The van der Waals surface area contributed by atoms with Crippen molar-refractivity contribution in [3.8, 4) is 0 Å². The summed E-state index contributed by atoms with van der Waals surface area (Å²) in [5, 5.41) is 16.4. The minimum absolute atomic E-state index is 0. The lowest BCUT2D eigenvalue weighted by atomic mass is 10.2. The molecule has 0 aromatic carbocycles. The Morgan fingerprint density at radius 2 is 2.19 bits per heavy atom. The van der Waals surface area contributed by atoms with Gasteiger partial charge in [0.2, 0.25) is 0 Å². The minimum atomic E-state index is -2.62. The fourth-order valence-corrected chi connectivity index (χ4v) is 2.48. The van der Waals surface area contributed by atoms with Gasteiger partial charge in [-0.05, 0) is 36.6 Å². The van der Waals surface area contributed by atoms with Crippen molar-refractivity contribution in [1.82, 2.24) is 14.5 Å². The summed E-state index contributed by atoms with van der Waals surface area (Å²) in [7, 11) is 0. The van der Waals surface area contributed by atoms with Gasteiger partial charge in [0.15, 0.2) is 0 Å². The summed E-state index contributed by atoms with van der Waals surface area (Å²) in [4.78, 5) is 21.3. The van der Waals surface area contributed by atoms with E-state index in [1.807, 2.05) is 0 Å². The molecule has 9 heteroatoms. The Kier molecular flexibility index (Phi) is 5.14. The zero-order chi connectivity index (χ0) is 20.5.